The largest absolute Gasteiger partial charge is 0.336 e. The van der Waals surface area contributed by atoms with E-state index in [0.29, 0.717) is 29.8 Å². The van der Waals surface area contributed by atoms with E-state index in [1.54, 1.807) is 12.3 Å². The summed E-state index contributed by atoms with van der Waals surface area (Å²) >= 11 is 0. The van der Waals surface area contributed by atoms with Crippen LogP contribution in [0.15, 0.2) is 34.1 Å². The zero-order chi connectivity index (χ0) is 17.4. The molecule has 0 aromatic carbocycles. The maximum absolute atomic E-state index is 12.6. The lowest BCUT2D eigenvalue weighted by Gasteiger charge is -2.23. The van der Waals surface area contributed by atoms with Crippen LogP contribution in [0.5, 0.6) is 0 Å². The Hall–Kier alpha value is -2.26. The number of aryl methyl sites for hydroxylation is 2. The number of rotatable bonds is 5. The minimum atomic E-state index is -3.63. The molecule has 0 saturated carbocycles. The molecule has 25 heavy (non-hydrogen) atoms. The van der Waals surface area contributed by atoms with Crippen LogP contribution >= 0.6 is 0 Å². The molecule has 132 valence electrons. The first-order valence-electron chi connectivity index (χ1n) is 8.31. The first-order chi connectivity index (χ1) is 12.1. The monoisotopic (exact) mass is 361 g/mol. The fraction of sp³-hybridized carbons (Fsp3) is 0.438. The number of nitrogens with one attached hydrogen (secondary N) is 1. The van der Waals surface area contributed by atoms with E-state index in [9.17, 15) is 8.42 Å². The third-order valence-electron chi connectivity index (χ3n) is 4.64. The number of nitrogens with zero attached hydrogens (tertiary/aromatic N) is 4. The van der Waals surface area contributed by atoms with Gasteiger partial charge < -0.3 is 9.09 Å². The van der Waals surface area contributed by atoms with Gasteiger partial charge in [-0.15, -0.1) is 0 Å². The molecule has 4 rings (SSSR count). The molecule has 0 fully saturated rings. The highest BCUT2D eigenvalue weighted by atomic mass is 32.2. The highest BCUT2D eigenvalue weighted by molar-refractivity contribution is 7.89. The Bertz CT molecular complexity index is 1010. The lowest BCUT2D eigenvalue weighted by molar-refractivity contribution is 0.379. The molecule has 0 amide bonds. The molecule has 3 aromatic heterocycles. The van der Waals surface area contributed by atoms with E-state index in [2.05, 4.69) is 24.4 Å². The van der Waals surface area contributed by atoms with Crippen molar-refractivity contribution in [3.63, 3.8) is 0 Å². The second kappa shape index (κ2) is 6.23. The second-order valence-electron chi connectivity index (χ2n) is 6.25. The topological polar surface area (TPSA) is 103 Å². The quantitative estimate of drug-likeness (QED) is 0.739. The van der Waals surface area contributed by atoms with Gasteiger partial charge in [0.25, 0.3) is 5.71 Å². The molecule has 4 heterocycles. The number of hydrogen-bond donors (Lipinski definition) is 1. The summed E-state index contributed by atoms with van der Waals surface area (Å²) in [5.41, 5.74) is 1.06. The molecule has 0 saturated heterocycles. The predicted octanol–water partition coefficient (Wildman–Crippen LogP) is 1.52. The van der Waals surface area contributed by atoms with Gasteiger partial charge in [0.2, 0.25) is 10.0 Å². The summed E-state index contributed by atoms with van der Waals surface area (Å²) in [6.07, 6.45) is 7.41. The molecule has 0 radical (unpaired) electrons. The summed E-state index contributed by atoms with van der Waals surface area (Å²) in [5, 5.41) is 4.55. The van der Waals surface area contributed by atoms with Crippen LogP contribution < -0.4 is 4.72 Å². The molecule has 1 unspecified atom stereocenters. The number of aromatic nitrogens is 4. The van der Waals surface area contributed by atoms with Crippen LogP contribution in [-0.2, 0) is 29.4 Å². The highest BCUT2D eigenvalue weighted by Gasteiger charge is 2.23. The molecule has 0 bridgehead atoms. The van der Waals surface area contributed by atoms with Gasteiger partial charge in [-0.25, -0.2) is 23.1 Å². The van der Waals surface area contributed by atoms with Crippen molar-refractivity contribution in [1.82, 2.24) is 24.4 Å². The van der Waals surface area contributed by atoms with Crippen molar-refractivity contribution in [3.05, 3.63) is 36.2 Å². The van der Waals surface area contributed by atoms with E-state index in [4.69, 9.17) is 4.52 Å². The van der Waals surface area contributed by atoms with Crippen LogP contribution in [0.4, 0.5) is 0 Å². The van der Waals surface area contributed by atoms with E-state index in [1.165, 1.54) is 6.20 Å². The van der Waals surface area contributed by atoms with Crippen molar-refractivity contribution in [2.75, 3.05) is 6.54 Å². The SMILES string of the molecule is CCc1noc2ncc(S(=O)(=O)NCC3CCn4ccnc4C3)cc12. The Morgan fingerprint density at radius 2 is 2.28 bits per heavy atom. The Labute approximate surface area is 145 Å². The zero-order valence-corrected chi connectivity index (χ0v) is 14.7. The Balaban J connectivity index is 1.50. The number of sulfonamides is 1. The lowest BCUT2D eigenvalue weighted by atomic mass is 9.98. The highest BCUT2D eigenvalue weighted by Crippen LogP contribution is 2.22. The van der Waals surface area contributed by atoms with Crippen LogP contribution in [0.1, 0.15) is 24.9 Å². The van der Waals surface area contributed by atoms with E-state index < -0.39 is 10.0 Å². The fourth-order valence-corrected chi connectivity index (χ4v) is 4.25. The average molecular weight is 361 g/mol. The van der Waals surface area contributed by atoms with E-state index in [-0.39, 0.29) is 10.8 Å². The molecule has 0 aliphatic carbocycles. The summed E-state index contributed by atoms with van der Waals surface area (Å²) < 4.78 is 35.1. The van der Waals surface area contributed by atoms with Crippen LogP contribution in [0, 0.1) is 5.92 Å². The molecule has 8 nitrogen and oxygen atoms in total. The standard InChI is InChI=1S/C16H19N5O3S/c1-2-14-13-8-12(10-18-16(13)24-20-14)25(22,23)19-9-11-3-5-21-6-4-17-15(21)7-11/h4,6,8,10-11,19H,2-3,5,7,9H2,1H3. The van der Waals surface area contributed by atoms with E-state index in [1.807, 2.05) is 13.1 Å². The number of hydrogen-bond acceptors (Lipinski definition) is 6. The number of pyridine rings is 1. The van der Waals surface area contributed by atoms with E-state index in [0.717, 1.165) is 25.2 Å². The normalized spacial score (nSPS) is 17.7. The van der Waals surface area contributed by atoms with Crippen LogP contribution in [0.3, 0.4) is 0 Å². The first-order valence-corrected chi connectivity index (χ1v) is 9.79. The van der Waals surface area contributed by atoms with Gasteiger partial charge in [-0.05, 0) is 24.8 Å². The van der Waals surface area contributed by atoms with Gasteiger partial charge in [0.1, 0.15) is 10.7 Å². The minimum absolute atomic E-state index is 0.134. The van der Waals surface area contributed by atoms with Crippen molar-refractivity contribution >= 4 is 21.1 Å². The summed E-state index contributed by atoms with van der Waals surface area (Å²) in [7, 11) is -3.63. The molecule has 9 heteroatoms. The van der Waals surface area contributed by atoms with E-state index >= 15 is 0 Å². The van der Waals surface area contributed by atoms with Gasteiger partial charge in [-0.2, -0.15) is 0 Å². The van der Waals surface area contributed by atoms with Crippen molar-refractivity contribution in [1.29, 1.82) is 0 Å². The summed E-state index contributed by atoms with van der Waals surface area (Å²) in [6, 6.07) is 1.58. The maximum Gasteiger partial charge on any atom is 0.258 e. The molecule has 1 aliphatic rings. The molecule has 1 N–H and O–H groups in total. The molecular formula is C16H19N5O3S. The first kappa shape index (κ1) is 16.2. The summed E-state index contributed by atoms with van der Waals surface area (Å²) in [6.45, 7) is 3.19. The van der Waals surface area contributed by atoms with Gasteiger partial charge in [0, 0.05) is 31.9 Å². The second-order valence-corrected chi connectivity index (χ2v) is 8.02. The minimum Gasteiger partial charge on any atom is -0.336 e. The van der Waals surface area contributed by atoms with Crippen molar-refractivity contribution in [3.8, 4) is 0 Å². The maximum atomic E-state index is 12.6. The Morgan fingerprint density at radius 1 is 1.40 bits per heavy atom. The third-order valence-corrected chi connectivity index (χ3v) is 6.03. The Kier molecular flexibility index (Phi) is 4.04. The van der Waals surface area contributed by atoms with Crippen LogP contribution in [0.25, 0.3) is 11.1 Å². The number of fused-ring (bicyclic) bond motifs is 2. The molecular weight excluding hydrogens is 342 g/mol. The Morgan fingerprint density at radius 3 is 3.12 bits per heavy atom. The predicted molar refractivity (Wildman–Crippen MR) is 90.4 cm³/mol. The zero-order valence-electron chi connectivity index (χ0n) is 13.8. The molecule has 1 atom stereocenters. The van der Waals surface area contributed by atoms with Gasteiger partial charge in [0.15, 0.2) is 0 Å². The van der Waals surface area contributed by atoms with Gasteiger partial charge in [0.05, 0.1) is 17.3 Å². The average Bonchev–Trinajstić information content (AvgIpc) is 3.25. The van der Waals surface area contributed by atoms with Crippen molar-refractivity contribution < 1.29 is 12.9 Å². The third kappa shape index (κ3) is 3.05. The molecule has 0 spiro atoms. The molecule has 3 aromatic rings. The van der Waals surface area contributed by atoms with Gasteiger partial charge in [-0.1, -0.05) is 12.1 Å². The van der Waals surface area contributed by atoms with Gasteiger partial charge in [-0.3, -0.25) is 0 Å². The van der Waals surface area contributed by atoms with Crippen molar-refractivity contribution in [2.45, 2.75) is 37.6 Å². The smallest absolute Gasteiger partial charge is 0.258 e. The van der Waals surface area contributed by atoms with Crippen molar-refractivity contribution in [2.24, 2.45) is 5.92 Å². The fourth-order valence-electron chi connectivity index (χ4n) is 3.16. The van der Waals surface area contributed by atoms with Crippen LogP contribution in [0.2, 0.25) is 0 Å². The molecule has 1 aliphatic heterocycles. The summed E-state index contributed by atoms with van der Waals surface area (Å²) in [5.74, 6) is 1.25. The van der Waals surface area contributed by atoms with Gasteiger partial charge >= 0.3 is 0 Å². The van der Waals surface area contributed by atoms with Crippen LogP contribution in [-0.4, -0.2) is 34.7 Å². The lowest BCUT2D eigenvalue weighted by Crippen LogP contribution is -2.33. The summed E-state index contributed by atoms with van der Waals surface area (Å²) in [4.78, 5) is 8.52. The number of imidazole rings is 1.